The van der Waals surface area contributed by atoms with Crippen LogP contribution in [-0.2, 0) is 9.59 Å². The first-order valence-corrected chi connectivity index (χ1v) is 3.83. The number of aliphatic imine (C=N–C) groups is 1. The standard InChI is InChI=1S/C8H14N2O2/c1-4-8(12)5-9-6-10(3)7(2)11/h6H,4-5H2,1-3H3. The Balaban J connectivity index is 3.76. The van der Waals surface area contributed by atoms with Crippen molar-refractivity contribution in [1.82, 2.24) is 4.90 Å². The Morgan fingerprint density at radius 3 is 2.50 bits per heavy atom. The van der Waals surface area contributed by atoms with Gasteiger partial charge in [0.1, 0.15) is 0 Å². The highest BCUT2D eigenvalue weighted by atomic mass is 16.2. The maximum absolute atomic E-state index is 10.7. The Morgan fingerprint density at radius 2 is 2.08 bits per heavy atom. The molecule has 0 aromatic rings. The fourth-order valence-electron chi connectivity index (χ4n) is 0.458. The first-order chi connectivity index (χ1) is 5.57. The summed E-state index contributed by atoms with van der Waals surface area (Å²) < 4.78 is 0. The average Bonchev–Trinajstić information content (AvgIpc) is 2.03. The lowest BCUT2D eigenvalue weighted by atomic mass is 10.3. The van der Waals surface area contributed by atoms with Crippen LogP contribution in [0, 0.1) is 0 Å². The molecule has 0 saturated heterocycles. The van der Waals surface area contributed by atoms with Crippen molar-refractivity contribution >= 4 is 18.0 Å². The van der Waals surface area contributed by atoms with Crippen molar-refractivity contribution in [3.63, 3.8) is 0 Å². The Bertz CT molecular complexity index is 199. The van der Waals surface area contributed by atoms with Crippen LogP contribution in [0.2, 0.25) is 0 Å². The van der Waals surface area contributed by atoms with Crippen LogP contribution in [0.25, 0.3) is 0 Å². The van der Waals surface area contributed by atoms with Gasteiger partial charge in [0.05, 0.1) is 12.9 Å². The summed E-state index contributed by atoms with van der Waals surface area (Å²) in [6.45, 7) is 3.38. The van der Waals surface area contributed by atoms with Crippen LogP contribution in [0.5, 0.6) is 0 Å². The van der Waals surface area contributed by atoms with E-state index in [4.69, 9.17) is 0 Å². The highest BCUT2D eigenvalue weighted by Gasteiger charge is 1.97. The van der Waals surface area contributed by atoms with Crippen molar-refractivity contribution in [1.29, 1.82) is 0 Å². The molecular formula is C8H14N2O2. The van der Waals surface area contributed by atoms with E-state index in [-0.39, 0.29) is 18.2 Å². The van der Waals surface area contributed by atoms with Gasteiger partial charge in [-0.2, -0.15) is 0 Å². The number of Topliss-reactive ketones (excluding diaryl/α,β-unsaturated/α-hetero) is 1. The molecule has 0 aliphatic carbocycles. The Hall–Kier alpha value is -1.19. The van der Waals surface area contributed by atoms with Gasteiger partial charge in [-0.25, -0.2) is 0 Å². The summed E-state index contributed by atoms with van der Waals surface area (Å²) >= 11 is 0. The highest BCUT2D eigenvalue weighted by molar-refractivity contribution is 5.87. The van der Waals surface area contributed by atoms with E-state index in [1.807, 2.05) is 0 Å². The Morgan fingerprint density at radius 1 is 1.50 bits per heavy atom. The largest absolute Gasteiger partial charge is 0.307 e. The molecule has 0 aromatic heterocycles. The van der Waals surface area contributed by atoms with Crippen molar-refractivity contribution in [3.8, 4) is 0 Å². The van der Waals surface area contributed by atoms with Crippen LogP contribution in [-0.4, -0.2) is 36.5 Å². The van der Waals surface area contributed by atoms with Crippen LogP contribution in [0.15, 0.2) is 4.99 Å². The maximum Gasteiger partial charge on any atom is 0.224 e. The van der Waals surface area contributed by atoms with E-state index in [0.717, 1.165) is 0 Å². The second-order valence-corrected chi connectivity index (χ2v) is 2.48. The second kappa shape index (κ2) is 5.46. The minimum Gasteiger partial charge on any atom is -0.307 e. The average molecular weight is 170 g/mol. The molecule has 0 saturated carbocycles. The molecule has 0 N–H and O–H groups in total. The lowest BCUT2D eigenvalue weighted by Gasteiger charge is -2.05. The van der Waals surface area contributed by atoms with Gasteiger partial charge in [0.2, 0.25) is 5.91 Å². The molecule has 0 fully saturated rings. The molecule has 0 rings (SSSR count). The van der Waals surface area contributed by atoms with Crippen LogP contribution >= 0.6 is 0 Å². The molecule has 0 bridgehead atoms. The van der Waals surface area contributed by atoms with Gasteiger partial charge in [0, 0.05) is 20.4 Å². The van der Waals surface area contributed by atoms with Crippen molar-refractivity contribution in [2.75, 3.05) is 13.6 Å². The van der Waals surface area contributed by atoms with Gasteiger partial charge in [0.25, 0.3) is 0 Å². The molecule has 0 aromatic carbocycles. The van der Waals surface area contributed by atoms with E-state index >= 15 is 0 Å². The van der Waals surface area contributed by atoms with Crippen molar-refractivity contribution < 1.29 is 9.59 Å². The Labute approximate surface area is 72.3 Å². The van der Waals surface area contributed by atoms with Gasteiger partial charge >= 0.3 is 0 Å². The van der Waals surface area contributed by atoms with Gasteiger partial charge in [0.15, 0.2) is 5.78 Å². The SMILES string of the molecule is CCC(=O)CN=CN(C)C(C)=O. The molecule has 0 atom stereocenters. The number of carbonyl (C=O) groups is 2. The molecule has 4 nitrogen and oxygen atoms in total. The monoisotopic (exact) mass is 170 g/mol. The smallest absolute Gasteiger partial charge is 0.224 e. The lowest BCUT2D eigenvalue weighted by molar-refractivity contribution is -0.124. The van der Waals surface area contributed by atoms with Crippen molar-refractivity contribution in [2.45, 2.75) is 20.3 Å². The number of nitrogens with zero attached hydrogens (tertiary/aromatic N) is 2. The molecule has 1 amide bonds. The van der Waals surface area contributed by atoms with E-state index in [9.17, 15) is 9.59 Å². The summed E-state index contributed by atoms with van der Waals surface area (Å²) in [6.07, 6.45) is 1.86. The summed E-state index contributed by atoms with van der Waals surface area (Å²) in [7, 11) is 1.60. The third kappa shape index (κ3) is 4.60. The van der Waals surface area contributed by atoms with Gasteiger partial charge in [-0.05, 0) is 0 Å². The normalized spacial score (nSPS) is 10.2. The minimum absolute atomic E-state index is 0.0724. The molecule has 0 spiro atoms. The maximum atomic E-state index is 10.7. The van der Waals surface area contributed by atoms with E-state index in [0.29, 0.717) is 6.42 Å². The quantitative estimate of drug-likeness (QED) is 0.455. The molecule has 0 aliphatic heterocycles. The van der Waals surface area contributed by atoms with Gasteiger partial charge in [-0.3, -0.25) is 14.6 Å². The lowest BCUT2D eigenvalue weighted by Crippen LogP contribution is -2.22. The first kappa shape index (κ1) is 10.8. The Kier molecular flexibility index (Phi) is 4.92. The summed E-state index contributed by atoms with van der Waals surface area (Å²) in [6, 6.07) is 0. The number of rotatable bonds is 4. The predicted molar refractivity (Wildman–Crippen MR) is 47.1 cm³/mol. The van der Waals surface area contributed by atoms with Crippen LogP contribution in [0.3, 0.4) is 0 Å². The molecule has 0 radical (unpaired) electrons. The number of hydrogen-bond acceptors (Lipinski definition) is 3. The second-order valence-electron chi connectivity index (χ2n) is 2.48. The van der Waals surface area contributed by atoms with E-state index < -0.39 is 0 Å². The van der Waals surface area contributed by atoms with Crippen LogP contribution in [0.1, 0.15) is 20.3 Å². The number of ketones is 1. The zero-order valence-electron chi connectivity index (χ0n) is 7.70. The van der Waals surface area contributed by atoms with Crippen molar-refractivity contribution in [3.05, 3.63) is 0 Å². The predicted octanol–water partition coefficient (Wildman–Crippen LogP) is 0.472. The molecule has 0 heterocycles. The molecule has 0 aliphatic rings. The molecule has 12 heavy (non-hydrogen) atoms. The number of carbonyl (C=O) groups excluding carboxylic acids is 2. The van der Waals surface area contributed by atoms with E-state index in [1.165, 1.54) is 18.2 Å². The first-order valence-electron chi connectivity index (χ1n) is 3.83. The van der Waals surface area contributed by atoms with Gasteiger partial charge in [-0.1, -0.05) is 6.92 Å². The number of amides is 1. The fraction of sp³-hybridized carbons (Fsp3) is 0.625. The van der Waals surface area contributed by atoms with E-state index in [2.05, 4.69) is 4.99 Å². The minimum atomic E-state index is -0.0947. The third-order valence-corrected chi connectivity index (χ3v) is 1.41. The third-order valence-electron chi connectivity index (χ3n) is 1.41. The van der Waals surface area contributed by atoms with Crippen LogP contribution in [0.4, 0.5) is 0 Å². The zero-order chi connectivity index (χ0) is 9.56. The molecular weight excluding hydrogens is 156 g/mol. The number of hydrogen-bond donors (Lipinski definition) is 0. The fourth-order valence-corrected chi connectivity index (χ4v) is 0.458. The van der Waals surface area contributed by atoms with Crippen molar-refractivity contribution in [2.24, 2.45) is 4.99 Å². The highest BCUT2D eigenvalue weighted by Crippen LogP contribution is 1.83. The zero-order valence-corrected chi connectivity index (χ0v) is 7.70. The summed E-state index contributed by atoms with van der Waals surface area (Å²) in [5.41, 5.74) is 0. The van der Waals surface area contributed by atoms with E-state index in [1.54, 1.807) is 14.0 Å². The topological polar surface area (TPSA) is 49.7 Å². The molecule has 4 heteroatoms. The molecule has 0 unspecified atom stereocenters. The summed E-state index contributed by atoms with van der Waals surface area (Å²) in [5.74, 6) is -0.0223. The van der Waals surface area contributed by atoms with Gasteiger partial charge in [-0.15, -0.1) is 0 Å². The van der Waals surface area contributed by atoms with Gasteiger partial charge < -0.3 is 4.90 Å². The summed E-state index contributed by atoms with van der Waals surface area (Å²) in [5, 5.41) is 0. The summed E-state index contributed by atoms with van der Waals surface area (Å²) in [4.78, 5) is 26.5. The van der Waals surface area contributed by atoms with Crippen LogP contribution < -0.4 is 0 Å². The molecule has 68 valence electrons.